The van der Waals surface area contributed by atoms with E-state index in [1.54, 1.807) is 23.3 Å². The first-order valence-electron chi connectivity index (χ1n) is 12.8. The molecule has 0 saturated carbocycles. The molecule has 3 aromatic rings. The van der Waals surface area contributed by atoms with E-state index < -0.39 is 35.2 Å². The van der Waals surface area contributed by atoms with E-state index in [0.29, 0.717) is 11.5 Å². The average molecular weight is 564 g/mol. The number of carbonyl (C=O) groups is 1. The van der Waals surface area contributed by atoms with Crippen LogP contribution in [0, 0.1) is 6.92 Å². The Hall–Kier alpha value is -2.82. The molecule has 0 aliphatic carbocycles. The van der Waals surface area contributed by atoms with E-state index in [9.17, 15) is 28.2 Å². The zero-order valence-electron chi connectivity index (χ0n) is 23.1. The summed E-state index contributed by atoms with van der Waals surface area (Å²) in [5.74, 6) is 0.856. The molecule has 212 valence electrons. The minimum atomic E-state index is -4.63. The fraction of sp³-hybridized carbons (Fsp3) is 0.448. The molecule has 0 radical (unpaired) electrons. The lowest BCUT2D eigenvalue weighted by Crippen LogP contribution is -2.31. The van der Waals surface area contributed by atoms with Gasteiger partial charge in [0.2, 0.25) is 0 Å². The zero-order valence-corrected chi connectivity index (χ0v) is 23.9. The summed E-state index contributed by atoms with van der Waals surface area (Å²) in [4.78, 5) is 19.0. The summed E-state index contributed by atoms with van der Waals surface area (Å²) < 4.78 is 43.6. The second-order valence-electron chi connectivity index (χ2n) is 10.5. The summed E-state index contributed by atoms with van der Waals surface area (Å²) in [6, 6.07) is 10.7. The summed E-state index contributed by atoms with van der Waals surface area (Å²) in [6.07, 6.45) is -5.67. The summed E-state index contributed by atoms with van der Waals surface area (Å²) in [5, 5.41) is 22.6. The van der Waals surface area contributed by atoms with Crippen LogP contribution in [0.2, 0.25) is 0 Å². The third-order valence-electron chi connectivity index (χ3n) is 6.44. The van der Waals surface area contributed by atoms with E-state index in [4.69, 9.17) is 0 Å². The second-order valence-corrected chi connectivity index (χ2v) is 11.8. The van der Waals surface area contributed by atoms with Gasteiger partial charge in [0.15, 0.2) is 0 Å². The van der Waals surface area contributed by atoms with Crippen molar-refractivity contribution in [1.29, 1.82) is 0 Å². The standard InChI is InChI=1S/C29H36F3N3O3S/c1-7-39-22-12-10-19(11-13-22)24(16-36)33-26(38)25-17(2)35(27(34-25)28(4,5)6)15-21-9-8-20(18(3)37)14-23(21)29(30,31)32/h8-14,18,24,36-37H,7,15-16H2,1-6H3,(H,33,38)/t18?,24-/m1/s1. The normalized spacial score (nSPS) is 13.8. The molecule has 2 aromatic carbocycles. The first-order valence-corrected chi connectivity index (χ1v) is 13.8. The van der Waals surface area contributed by atoms with Crippen LogP contribution in [0.25, 0.3) is 0 Å². The first kappa shape index (κ1) is 30.7. The van der Waals surface area contributed by atoms with Crippen molar-refractivity contribution >= 4 is 17.7 Å². The van der Waals surface area contributed by atoms with Gasteiger partial charge >= 0.3 is 6.18 Å². The summed E-state index contributed by atoms with van der Waals surface area (Å²) in [6.45, 7) is 10.3. The zero-order chi connectivity index (χ0) is 29.1. The molecule has 3 N–H and O–H groups in total. The van der Waals surface area contributed by atoms with Crippen LogP contribution in [0.15, 0.2) is 47.4 Å². The molecule has 0 bridgehead atoms. The number of aliphatic hydroxyl groups excluding tert-OH is 2. The number of nitrogens with zero attached hydrogens (tertiary/aromatic N) is 2. The van der Waals surface area contributed by atoms with E-state index in [2.05, 4.69) is 17.2 Å². The van der Waals surface area contributed by atoms with E-state index in [-0.39, 0.29) is 30.0 Å². The Bertz CT molecular complexity index is 1300. The number of rotatable bonds is 9. The molecule has 0 aliphatic heterocycles. The quantitative estimate of drug-likeness (QED) is 0.271. The molecule has 0 aliphatic rings. The van der Waals surface area contributed by atoms with Gasteiger partial charge in [-0.15, -0.1) is 11.8 Å². The highest BCUT2D eigenvalue weighted by Gasteiger charge is 2.35. The van der Waals surface area contributed by atoms with Crippen molar-refractivity contribution < 1.29 is 28.2 Å². The van der Waals surface area contributed by atoms with Crippen molar-refractivity contribution in [2.75, 3.05) is 12.4 Å². The van der Waals surface area contributed by atoms with Gasteiger partial charge in [-0.3, -0.25) is 4.79 Å². The minimum Gasteiger partial charge on any atom is -0.394 e. The van der Waals surface area contributed by atoms with Gasteiger partial charge in [0, 0.05) is 22.5 Å². The second kappa shape index (κ2) is 12.1. The van der Waals surface area contributed by atoms with Gasteiger partial charge in [-0.2, -0.15) is 13.2 Å². The van der Waals surface area contributed by atoms with Gasteiger partial charge in [-0.05, 0) is 54.5 Å². The number of hydrogen-bond acceptors (Lipinski definition) is 5. The maximum Gasteiger partial charge on any atom is 0.416 e. The van der Waals surface area contributed by atoms with Crippen LogP contribution in [0.4, 0.5) is 13.2 Å². The third-order valence-corrected chi connectivity index (χ3v) is 7.33. The van der Waals surface area contributed by atoms with Crippen molar-refractivity contribution in [1.82, 2.24) is 14.9 Å². The lowest BCUT2D eigenvalue weighted by Gasteiger charge is -2.22. The average Bonchev–Trinajstić information content (AvgIpc) is 3.19. The Kier molecular flexibility index (Phi) is 9.56. The number of nitrogens with one attached hydrogen (secondary N) is 1. The maximum atomic E-state index is 14.0. The molecule has 0 fully saturated rings. The van der Waals surface area contributed by atoms with Gasteiger partial charge in [-0.25, -0.2) is 4.98 Å². The van der Waals surface area contributed by atoms with Gasteiger partial charge in [0.05, 0.1) is 24.3 Å². The van der Waals surface area contributed by atoms with Crippen LogP contribution in [-0.2, 0) is 18.1 Å². The number of carbonyl (C=O) groups excluding carboxylic acids is 1. The molecule has 6 nitrogen and oxygen atoms in total. The predicted octanol–water partition coefficient (Wildman–Crippen LogP) is 6.18. The summed E-state index contributed by atoms with van der Waals surface area (Å²) in [7, 11) is 0. The Balaban J connectivity index is 1.99. The van der Waals surface area contributed by atoms with Crippen LogP contribution in [0.3, 0.4) is 0 Å². The molecule has 1 amide bonds. The number of hydrogen-bond donors (Lipinski definition) is 3. The van der Waals surface area contributed by atoms with E-state index in [0.717, 1.165) is 22.3 Å². The van der Waals surface area contributed by atoms with Crippen molar-refractivity contribution in [3.8, 4) is 0 Å². The van der Waals surface area contributed by atoms with Crippen molar-refractivity contribution in [2.45, 2.75) is 76.7 Å². The lowest BCUT2D eigenvalue weighted by atomic mass is 9.95. The van der Waals surface area contributed by atoms with Gasteiger partial charge in [0.1, 0.15) is 11.5 Å². The molecule has 0 saturated heterocycles. The fourth-order valence-electron chi connectivity index (χ4n) is 4.37. The lowest BCUT2D eigenvalue weighted by molar-refractivity contribution is -0.138. The topological polar surface area (TPSA) is 87.4 Å². The Labute approximate surface area is 231 Å². The van der Waals surface area contributed by atoms with E-state index >= 15 is 0 Å². The maximum absolute atomic E-state index is 14.0. The largest absolute Gasteiger partial charge is 0.416 e. The smallest absolute Gasteiger partial charge is 0.394 e. The molecular formula is C29H36F3N3O3S. The van der Waals surface area contributed by atoms with Crippen LogP contribution in [-0.4, -0.2) is 38.0 Å². The molecule has 1 aromatic heterocycles. The van der Waals surface area contributed by atoms with Crippen molar-refractivity contribution in [3.05, 3.63) is 81.9 Å². The molecule has 3 rings (SSSR count). The molecule has 2 atom stereocenters. The van der Waals surface area contributed by atoms with Crippen molar-refractivity contribution in [3.63, 3.8) is 0 Å². The molecule has 39 heavy (non-hydrogen) atoms. The van der Waals surface area contributed by atoms with Crippen LogP contribution < -0.4 is 5.32 Å². The van der Waals surface area contributed by atoms with Crippen LogP contribution in [0.1, 0.15) is 91.0 Å². The van der Waals surface area contributed by atoms with Crippen molar-refractivity contribution in [2.24, 2.45) is 0 Å². The number of benzene rings is 2. The molecule has 1 unspecified atom stereocenters. The molecule has 1 heterocycles. The number of amides is 1. The monoisotopic (exact) mass is 563 g/mol. The Morgan fingerprint density at radius 1 is 1.10 bits per heavy atom. The number of imidazole rings is 1. The fourth-order valence-corrected chi connectivity index (χ4v) is 5.03. The highest BCUT2D eigenvalue weighted by molar-refractivity contribution is 7.99. The summed E-state index contributed by atoms with van der Waals surface area (Å²) in [5.41, 5.74) is -0.0201. The van der Waals surface area contributed by atoms with E-state index in [1.165, 1.54) is 19.1 Å². The summed E-state index contributed by atoms with van der Waals surface area (Å²) >= 11 is 1.68. The number of aliphatic hydroxyl groups is 2. The van der Waals surface area contributed by atoms with Gasteiger partial charge in [0.25, 0.3) is 5.91 Å². The number of thioether (sulfide) groups is 1. The van der Waals surface area contributed by atoms with E-state index in [1.807, 2.05) is 45.0 Å². The Morgan fingerprint density at radius 3 is 2.23 bits per heavy atom. The number of aromatic nitrogens is 2. The van der Waals surface area contributed by atoms with Crippen LogP contribution >= 0.6 is 11.8 Å². The highest BCUT2D eigenvalue weighted by Crippen LogP contribution is 2.35. The minimum absolute atomic E-state index is 0.00290. The van der Waals surface area contributed by atoms with Gasteiger partial charge < -0.3 is 20.1 Å². The number of halogens is 3. The highest BCUT2D eigenvalue weighted by atomic mass is 32.2. The Morgan fingerprint density at radius 2 is 1.72 bits per heavy atom. The van der Waals surface area contributed by atoms with Crippen LogP contribution in [0.5, 0.6) is 0 Å². The third kappa shape index (κ3) is 7.23. The predicted molar refractivity (Wildman–Crippen MR) is 147 cm³/mol. The van der Waals surface area contributed by atoms with Gasteiger partial charge in [-0.1, -0.05) is 52.0 Å². The number of alkyl halides is 3. The molecular weight excluding hydrogens is 527 g/mol. The first-order chi connectivity index (χ1) is 18.2. The SMILES string of the molecule is CCSc1ccc([C@@H](CO)NC(=O)c2nc(C(C)(C)C)n(Cc3ccc(C(C)O)cc3C(F)(F)F)c2C)cc1. The molecule has 10 heteroatoms. The molecule has 0 spiro atoms.